The number of carbonyl (C=O) groups excluding carboxylic acids is 1. The highest BCUT2D eigenvalue weighted by molar-refractivity contribution is 5.96. The summed E-state index contributed by atoms with van der Waals surface area (Å²) in [6.07, 6.45) is 0.507. The Labute approximate surface area is 125 Å². The molecule has 1 heterocycles. The average Bonchev–Trinajstić information content (AvgIpc) is 2.77. The number of carbonyl (C=O) groups is 1. The average molecular weight is 293 g/mol. The summed E-state index contributed by atoms with van der Waals surface area (Å²) in [6.45, 7) is 4.29. The molecule has 1 fully saturated rings. The molecule has 0 aromatic heterocycles. The molecule has 0 N–H and O–H groups in total. The van der Waals surface area contributed by atoms with Crippen LogP contribution in [-0.2, 0) is 15.9 Å². The molecule has 1 amide bonds. The highest BCUT2D eigenvalue weighted by Crippen LogP contribution is 2.30. The van der Waals surface area contributed by atoms with Gasteiger partial charge in [0.2, 0.25) is 0 Å². The molecule has 1 unspecified atom stereocenters. The van der Waals surface area contributed by atoms with E-state index in [0.29, 0.717) is 24.3 Å². The molecule has 2 rings (SSSR count). The molecule has 0 bridgehead atoms. The molecular weight excluding hydrogens is 270 g/mol. The maximum absolute atomic E-state index is 12.3. The molecule has 116 valence electrons. The molecule has 5 heteroatoms. The number of rotatable bonds is 4. The lowest BCUT2D eigenvalue weighted by molar-refractivity contribution is -0.138. The van der Waals surface area contributed by atoms with Gasteiger partial charge in [0.1, 0.15) is 5.75 Å². The van der Waals surface area contributed by atoms with Gasteiger partial charge in [-0.2, -0.15) is 0 Å². The van der Waals surface area contributed by atoms with Crippen LogP contribution in [0.3, 0.4) is 0 Å². The third-order valence-corrected chi connectivity index (χ3v) is 3.49. The largest absolute Gasteiger partial charge is 0.496 e. The number of hydrogen-bond acceptors (Lipinski definition) is 4. The van der Waals surface area contributed by atoms with Gasteiger partial charge in [-0.25, -0.2) is 0 Å². The molecule has 0 radical (unpaired) electrons. The standard InChI is InChI=1S/C16H23NO4/c1-16(2)20-10-11(21-16)9-13-12(15(18)17(3)4)7-6-8-14(13)19-5/h6-8,11H,9-10H2,1-5H3. The Bertz CT molecular complexity index is 525. The van der Waals surface area contributed by atoms with Gasteiger partial charge >= 0.3 is 0 Å². The van der Waals surface area contributed by atoms with E-state index in [1.807, 2.05) is 32.0 Å². The minimum atomic E-state index is -0.571. The van der Waals surface area contributed by atoms with E-state index in [1.54, 1.807) is 26.1 Å². The van der Waals surface area contributed by atoms with Gasteiger partial charge in [-0.3, -0.25) is 4.79 Å². The first-order valence-electron chi connectivity index (χ1n) is 7.03. The summed E-state index contributed by atoms with van der Waals surface area (Å²) in [6, 6.07) is 5.51. The van der Waals surface area contributed by atoms with Crippen molar-refractivity contribution in [1.82, 2.24) is 4.90 Å². The predicted octanol–water partition coefficient (Wildman–Crippen LogP) is 2.09. The summed E-state index contributed by atoms with van der Waals surface area (Å²) < 4.78 is 16.8. The summed E-state index contributed by atoms with van der Waals surface area (Å²) in [5, 5.41) is 0. The number of ether oxygens (including phenoxy) is 3. The third kappa shape index (κ3) is 3.54. The fraction of sp³-hybridized carbons (Fsp3) is 0.562. The number of nitrogens with zero attached hydrogens (tertiary/aromatic N) is 1. The lowest BCUT2D eigenvalue weighted by Crippen LogP contribution is -2.26. The van der Waals surface area contributed by atoms with Gasteiger partial charge in [-0.15, -0.1) is 0 Å². The zero-order chi connectivity index (χ0) is 15.6. The summed E-state index contributed by atoms with van der Waals surface area (Å²) in [5.74, 6) is 0.0939. The molecule has 0 aliphatic carbocycles. The van der Waals surface area contributed by atoms with Gasteiger partial charge < -0.3 is 19.1 Å². The Balaban J connectivity index is 2.30. The first kappa shape index (κ1) is 15.8. The van der Waals surface area contributed by atoms with Crippen molar-refractivity contribution < 1.29 is 19.0 Å². The van der Waals surface area contributed by atoms with E-state index in [0.717, 1.165) is 5.56 Å². The maximum atomic E-state index is 12.3. The van der Waals surface area contributed by atoms with Gasteiger partial charge in [0.15, 0.2) is 5.79 Å². The molecule has 1 aliphatic heterocycles. The minimum absolute atomic E-state index is 0.0397. The van der Waals surface area contributed by atoms with Gasteiger partial charge in [0.05, 0.1) is 19.8 Å². The Kier molecular flexibility index (Phi) is 4.54. The van der Waals surface area contributed by atoms with Crippen molar-refractivity contribution in [2.45, 2.75) is 32.2 Å². The molecule has 1 aromatic carbocycles. The molecule has 1 saturated heterocycles. The first-order valence-corrected chi connectivity index (χ1v) is 7.03. The number of hydrogen-bond donors (Lipinski definition) is 0. The van der Waals surface area contributed by atoms with Crippen molar-refractivity contribution >= 4 is 5.91 Å². The molecule has 1 atom stereocenters. The second-order valence-electron chi connectivity index (χ2n) is 5.84. The Morgan fingerprint density at radius 3 is 2.67 bits per heavy atom. The van der Waals surface area contributed by atoms with Crippen LogP contribution in [0.5, 0.6) is 5.75 Å². The normalized spacial score (nSPS) is 20.3. The predicted molar refractivity (Wildman–Crippen MR) is 79.6 cm³/mol. The van der Waals surface area contributed by atoms with E-state index in [1.165, 1.54) is 0 Å². The zero-order valence-electron chi connectivity index (χ0n) is 13.3. The van der Waals surface area contributed by atoms with Crippen molar-refractivity contribution in [2.75, 3.05) is 27.8 Å². The first-order chi connectivity index (χ1) is 9.84. The molecular formula is C16H23NO4. The van der Waals surface area contributed by atoms with Crippen LogP contribution in [0.2, 0.25) is 0 Å². The van der Waals surface area contributed by atoms with E-state index >= 15 is 0 Å². The topological polar surface area (TPSA) is 48.0 Å². The highest BCUT2D eigenvalue weighted by atomic mass is 16.7. The third-order valence-electron chi connectivity index (χ3n) is 3.49. The van der Waals surface area contributed by atoms with E-state index in [9.17, 15) is 4.79 Å². The minimum Gasteiger partial charge on any atom is -0.496 e. The SMILES string of the molecule is COc1cccc(C(=O)N(C)C)c1CC1COC(C)(C)O1. The van der Waals surface area contributed by atoms with Crippen LogP contribution < -0.4 is 4.74 Å². The van der Waals surface area contributed by atoms with Crippen LogP contribution >= 0.6 is 0 Å². The van der Waals surface area contributed by atoms with Crippen molar-refractivity contribution in [1.29, 1.82) is 0 Å². The summed E-state index contributed by atoms with van der Waals surface area (Å²) in [5.41, 5.74) is 1.51. The van der Waals surface area contributed by atoms with Gasteiger partial charge in [-0.1, -0.05) is 6.07 Å². The van der Waals surface area contributed by atoms with E-state index < -0.39 is 5.79 Å². The summed E-state index contributed by atoms with van der Waals surface area (Å²) in [4.78, 5) is 13.9. The summed E-state index contributed by atoms with van der Waals surface area (Å²) in [7, 11) is 5.09. The van der Waals surface area contributed by atoms with Crippen LogP contribution in [-0.4, -0.2) is 50.5 Å². The lowest BCUT2D eigenvalue weighted by Gasteiger charge is -2.20. The summed E-state index contributed by atoms with van der Waals surface area (Å²) >= 11 is 0. The number of benzene rings is 1. The van der Waals surface area contributed by atoms with E-state index in [4.69, 9.17) is 14.2 Å². The van der Waals surface area contributed by atoms with Crippen LogP contribution in [0.15, 0.2) is 18.2 Å². The van der Waals surface area contributed by atoms with Gasteiger partial charge in [-0.05, 0) is 26.0 Å². The molecule has 21 heavy (non-hydrogen) atoms. The Hall–Kier alpha value is -1.59. The maximum Gasteiger partial charge on any atom is 0.253 e. The van der Waals surface area contributed by atoms with E-state index in [2.05, 4.69) is 0 Å². The zero-order valence-corrected chi connectivity index (χ0v) is 13.3. The molecule has 5 nitrogen and oxygen atoms in total. The Morgan fingerprint density at radius 1 is 1.43 bits per heavy atom. The number of methoxy groups -OCH3 is 1. The van der Waals surface area contributed by atoms with Crippen molar-refractivity contribution in [3.63, 3.8) is 0 Å². The van der Waals surface area contributed by atoms with Crippen molar-refractivity contribution in [2.24, 2.45) is 0 Å². The van der Waals surface area contributed by atoms with Crippen LogP contribution in [0.25, 0.3) is 0 Å². The molecule has 1 aromatic rings. The monoisotopic (exact) mass is 293 g/mol. The smallest absolute Gasteiger partial charge is 0.253 e. The lowest BCUT2D eigenvalue weighted by atomic mass is 9.99. The van der Waals surface area contributed by atoms with Crippen molar-refractivity contribution in [3.05, 3.63) is 29.3 Å². The fourth-order valence-electron chi connectivity index (χ4n) is 2.50. The van der Waals surface area contributed by atoms with Crippen molar-refractivity contribution in [3.8, 4) is 5.75 Å². The second kappa shape index (κ2) is 6.03. The Morgan fingerprint density at radius 2 is 2.14 bits per heavy atom. The fourth-order valence-corrected chi connectivity index (χ4v) is 2.50. The van der Waals surface area contributed by atoms with Gasteiger partial charge in [0, 0.05) is 31.6 Å². The van der Waals surface area contributed by atoms with Crippen LogP contribution in [0, 0.1) is 0 Å². The highest BCUT2D eigenvalue weighted by Gasteiger charge is 2.34. The van der Waals surface area contributed by atoms with E-state index in [-0.39, 0.29) is 12.0 Å². The van der Waals surface area contributed by atoms with Crippen LogP contribution in [0.4, 0.5) is 0 Å². The molecule has 0 saturated carbocycles. The van der Waals surface area contributed by atoms with Gasteiger partial charge in [0.25, 0.3) is 5.91 Å². The quantitative estimate of drug-likeness (QED) is 0.853. The second-order valence-corrected chi connectivity index (χ2v) is 5.84. The number of amides is 1. The molecule has 1 aliphatic rings. The van der Waals surface area contributed by atoms with Crippen LogP contribution in [0.1, 0.15) is 29.8 Å². The molecule has 0 spiro atoms.